The number of carbonyl (C=O) groups excluding carboxylic acids is 2. The van der Waals surface area contributed by atoms with Gasteiger partial charge in [0, 0.05) is 37.5 Å². The van der Waals surface area contributed by atoms with Crippen LogP contribution in [-0.2, 0) is 11.3 Å². The van der Waals surface area contributed by atoms with Gasteiger partial charge in [-0.05, 0) is 56.5 Å². The highest BCUT2D eigenvalue weighted by molar-refractivity contribution is 7.13. The quantitative estimate of drug-likeness (QED) is 0.545. The Labute approximate surface area is 187 Å². The van der Waals surface area contributed by atoms with E-state index in [0.717, 1.165) is 13.0 Å². The van der Waals surface area contributed by atoms with Crippen molar-refractivity contribution < 1.29 is 14.3 Å². The number of amides is 2. The number of hydrogen-bond donors (Lipinski definition) is 2. The number of nitrogens with one attached hydrogen (secondary N) is 2. The van der Waals surface area contributed by atoms with Crippen LogP contribution in [0.2, 0.25) is 0 Å². The minimum absolute atomic E-state index is 0.100. The Morgan fingerprint density at radius 3 is 2.74 bits per heavy atom. The zero-order valence-corrected chi connectivity index (χ0v) is 19.0. The minimum Gasteiger partial charge on any atom is -0.377 e. The third kappa shape index (κ3) is 6.81. The lowest BCUT2D eigenvalue weighted by Gasteiger charge is -2.35. The summed E-state index contributed by atoms with van der Waals surface area (Å²) in [5.74, 6) is -0.433. The largest absolute Gasteiger partial charge is 0.377 e. The van der Waals surface area contributed by atoms with Crippen molar-refractivity contribution in [3.63, 3.8) is 0 Å². The molecule has 0 aliphatic carbocycles. The molecule has 1 atom stereocenters. The minimum atomic E-state index is -0.333. The summed E-state index contributed by atoms with van der Waals surface area (Å²) in [6, 6.07) is 7.53. The van der Waals surface area contributed by atoms with E-state index in [-0.39, 0.29) is 16.8 Å². The normalized spacial score (nSPS) is 16.8. The molecule has 1 aromatic carbocycles. The van der Waals surface area contributed by atoms with Gasteiger partial charge in [0.15, 0.2) is 0 Å². The smallest absolute Gasteiger partial charge is 0.286 e. The Kier molecular flexibility index (Phi) is 8.93. The molecule has 1 aliphatic rings. The van der Waals surface area contributed by atoms with Crippen molar-refractivity contribution in [1.29, 1.82) is 0 Å². The highest BCUT2D eigenvalue weighted by Crippen LogP contribution is 2.19. The highest BCUT2D eigenvalue weighted by Gasteiger charge is 2.20. The molecule has 0 saturated carbocycles. The summed E-state index contributed by atoms with van der Waals surface area (Å²) < 4.78 is 4.99. The van der Waals surface area contributed by atoms with Crippen LogP contribution in [-0.4, -0.2) is 59.7 Å². The predicted octanol–water partition coefficient (Wildman–Crippen LogP) is 3.32. The number of likely N-dealkylation sites (tertiary alicyclic amines) is 1. The summed E-state index contributed by atoms with van der Waals surface area (Å²) in [4.78, 5) is 27.2. The molecule has 0 spiro atoms. The highest BCUT2D eigenvalue weighted by atomic mass is 32.1. The zero-order valence-electron chi connectivity index (χ0n) is 18.2. The van der Waals surface area contributed by atoms with Gasteiger partial charge in [0.25, 0.3) is 11.8 Å². The molecule has 31 heavy (non-hydrogen) atoms. The molecule has 3 rings (SSSR count). The fraction of sp³-hybridized carbons (Fsp3) is 0.545. The van der Waals surface area contributed by atoms with Gasteiger partial charge < -0.3 is 20.3 Å². The van der Waals surface area contributed by atoms with Crippen molar-refractivity contribution in [2.75, 3.05) is 32.1 Å². The lowest BCUT2D eigenvalue weighted by Crippen LogP contribution is -2.40. The van der Waals surface area contributed by atoms with E-state index in [0.29, 0.717) is 35.5 Å². The van der Waals surface area contributed by atoms with Gasteiger partial charge in [0.05, 0.1) is 6.61 Å². The van der Waals surface area contributed by atoms with Crippen LogP contribution >= 0.6 is 11.3 Å². The van der Waals surface area contributed by atoms with E-state index < -0.39 is 0 Å². The van der Waals surface area contributed by atoms with E-state index in [1.165, 1.54) is 43.6 Å². The van der Waals surface area contributed by atoms with Crippen LogP contribution in [0.5, 0.6) is 0 Å². The second-order valence-corrected chi connectivity index (χ2v) is 8.73. The van der Waals surface area contributed by atoms with E-state index in [4.69, 9.17) is 4.74 Å². The van der Waals surface area contributed by atoms with Gasteiger partial charge in [0.2, 0.25) is 5.01 Å². The van der Waals surface area contributed by atoms with Crippen molar-refractivity contribution in [2.24, 2.45) is 0 Å². The number of carbonyl (C=O) groups is 2. The number of methoxy groups -OCH3 is 1. The van der Waals surface area contributed by atoms with E-state index >= 15 is 0 Å². The molecule has 2 heterocycles. The second kappa shape index (κ2) is 11.9. The van der Waals surface area contributed by atoms with E-state index in [1.807, 2.05) is 0 Å². The van der Waals surface area contributed by atoms with Crippen LogP contribution in [0.15, 0.2) is 24.3 Å². The Morgan fingerprint density at radius 1 is 1.19 bits per heavy atom. The number of piperidine rings is 1. The molecule has 1 fully saturated rings. The Balaban J connectivity index is 1.42. The summed E-state index contributed by atoms with van der Waals surface area (Å²) in [6.45, 7) is 5.44. The first-order valence-corrected chi connectivity index (χ1v) is 11.7. The molecule has 1 saturated heterocycles. The van der Waals surface area contributed by atoms with Crippen LogP contribution in [0.1, 0.15) is 64.2 Å². The number of nitrogens with zero attached hydrogens (tertiary/aromatic N) is 3. The first-order chi connectivity index (χ1) is 15.1. The maximum absolute atomic E-state index is 12.4. The van der Waals surface area contributed by atoms with Crippen molar-refractivity contribution in [2.45, 2.75) is 51.7 Å². The van der Waals surface area contributed by atoms with Crippen LogP contribution in [0.25, 0.3) is 0 Å². The van der Waals surface area contributed by atoms with Crippen molar-refractivity contribution in [1.82, 2.24) is 20.4 Å². The van der Waals surface area contributed by atoms with Crippen LogP contribution in [0.4, 0.5) is 5.69 Å². The summed E-state index contributed by atoms with van der Waals surface area (Å²) in [6.07, 6.45) is 6.04. The first-order valence-electron chi connectivity index (χ1n) is 10.9. The molecule has 2 N–H and O–H groups in total. The molecule has 8 nitrogen and oxygen atoms in total. The first kappa shape index (κ1) is 23.3. The van der Waals surface area contributed by atoms with E-state index in [1.54, 1.807) is 31.4 Å². The monoisotopic (exact) mass is 445 g/mol. The number of hydrogen-bond acceptors (Lipinski definition) is 7. The third-order valence-corrected chi connectivity index (χ3v) is 6.36. The summed E-state index contributed by atoms with van der Waals surface area (Å²) >= 11 is 1.19. The van der Waals surface area contributed by atoms with Crippen molar-refractivity contribution in [3.8, 4) is 0 Å². The Bertz CT molecular complexity index is 855. The van der Waals surface area contributed by atoms with Gasteiger partial charge in [-0.1, -0.05) is 24.7 Å². The third-order valence-electron chi connectivity index (χ3n) is 5.46. The maximum Gasteiger partial charge on any atom is 0.286 e. The van der Waals surface area contributed by atoms with Gasteiger partial charge in [0.1, 0.15) is 5.01 Å². The van der Waals surface area contributed by atoms with Crippen LogP contribution in [0.3, 0.4) is 0 Å². The molecule has 168 valence electrons. The summed E-state index contributed by atoms with van der Waals surface area (Å²) in [5.41, 5.74) is 1.17. The average molecular weight is 446 g/mol. The zero-order chi connectivity index (χ0) is 22.1. The molecule has 9 heteroatoms. The lowest BCUT2D eigenvalue weighted by molar-refractivity contribution is 0.0946. The molecule has 0 unspecified atom stereocenters. The molecular weight excluding hydrogens is 414 g/mol. The standard InChI is InChI=1S/C22H31N5O3S/c1-3-18-7-4-5-13-27(18)14-6-12-23-20(28)16-8-10-17(11-9-16)24-21(29)22-26-25-19(31-22)15-30-2/h8-11,18H,3-7,12-15H2,1-2H3,(H,23,28)(H,24,29)/t18-/m0/s1. The Morgan fingerprint density at radius 2 is 2.00 bits per heavy atom. The van der Waals surface area contributed by atoms with Gasteiger partial charge >= 0.3 is 0 Å². The average Bonchev–Trinajstić information content (AvgIpc) is 3.26. The van der Waals surface area contributed by atoms with Gasteiger partial charge in [-0.3, -0.25) is 9.59 Å². The molecule has 0 radical (unpaired) electrons. The second-order valence-electron chi connectivity index (χ2n) is 7.67. The molecule has 1 aromatic heterocycles. The van der Waals surface area contributed by atoms with Gasteiger partial charge in [-0.25, -0.2) is 0 Å². The summed E-state index contributed by atoms with van der Waals surface area (Å²) in [5, 5.41) is 14.5. The fourth-order valence-corrected chi connectivity index (χ4v) is 4.53. The molecule has 0 bridgehead atoms. The van der Waals surface area contributed by atoms with Gasteiger partial charge in [-0.15, -0.1) is 10.2 Å². The molecule has 1 aliphatic heterocycles. The molecule has 2 aromatic rings. The van der Waals surface area contributed by atoms with E-state index in [2.05, 4.69) is 32.7 Å². The van der Waals surface area contributed by atoms with E-state index in [9.17, 15) is 9.59 Å². The maximum atomic E-state index is 12.4. The topological polar surface area (TPSA) is 96.5 Å². The number of ether oxygens (including phenoxy) is 1. The SMILES string of the molecule is CC[C@H]1CCCCN1CCCNC(=O)c1ccc(NC(=O)c2nnc(COC)s2)cc1. The predicted molar refractivity (Wildman–Crippen MR) is 121 cm³/mol. The number of anilines is 1. The summed E-state index contributed by atoms with van der Waals surface area (Å²) in [7, 11) is 1.56. The van der Waals surface area contributed by atoms with Gasteiger partial charge in [-0.2, -0.15) is 0 Å². The fourth-order valence-electron chi connectivity index (χ4n) is 3.82. The van der Waals surface area contributed by atoms with Crippen LogP contribution < -0.4 is 10.6 Å². The van der Waals surface area contributed by atoms with Crippen molar-refractivity contribution >= 4 is 28.8 Å². The molecule has 2 amide bonds. The molecular formula is C22H31N5O3S. The number of aromatic nitrogens is 2. The lowest BCUT2D eigenvalue weighted by atomic mass is 10.00. The number of benzene rings is 1. The van der Waals surface area contributed by atoms with Crippen LogP contribution in [0, 0.1) is 0 Å². The van der Waals surface area contributed by atoms with Crippen molar-refractivity contribution in [3.05, 3.63) is 39.8 Å². The Hall–Kier alpha value is -2.36. The number of rotatable bonds is 10.